The highest BCUT2D eigenvalue weighted by atomic mass is 16.2. The summed E-state index contributed by atoms with van der Waals surface area (Å²) in [5, 5.41) is 0. The fourth-order valence-corrected chi connectivity index (χ4v) is 5.95. The van der Waals surface area contributed by atoms with E-state index in [2.05, 4.69) is 53.5 Å². The molecule has 4 nitrogen and oxygen atoms in total. The van der Waals surface area contributed by atoms with Gasteiger partial charge in [0, 0.05) is 23.5 Å². The van der Waals surface area contributed by atoms with Crippen LogP contribution in [0.25, 0.3) is 0 Å². The summed E-state index contributed by atoms with van der Waals surface area (Å²) in [6.45, 7) is 13.4. The zero-order chi connectivity index (χ0) is 22.5. The van der Waals surface area contributed by atoms with Gasteiger partial charge in [-0.3, -0.25) is 19.4 Å². The molecule has 2 saturated heterocycles. The van der Waals surface area contributed by atoms with Crippen LogP contribution in [0, 0.1) is 11.8 Å². The SMILES string of the molecule is CCCCCCCC(CCCC)C1CC(=O)N(C2CC(C)(C)N(C)C(C)(C)C2)C1=O. The number of likely N-dealkylation sites (tertiary alicyclic amines) is 2. The third kappa shape index (κ3) is 5.87. The highest BCUT2D eigenvalue weighted by molar-refractivity contribution is 6.04. The van der Waals surface area contributed by atoms with E-state index in [1.165, 1.54) is 32.1 Å². The van der Waals surface area contributed by atoms with Crippen LogP contribution in [-0.2, 0) is 9.59 Å². The largest absolute Gasteiger partial charge is 0.296 e. The van der Waals surface area contributed by atoms with Crippen molar-refractivity contribution < 1.29 is 9.59 Å². The molecule has 2 atom stereocenters. The Morgan fingerprint density at radius 1 is 0.867 bits per heavy atom. The molecule has 0 aromatic heterocycles. The van der Waals surface area contributed by atoms with Gasteiger partial charge in [0.25, 0.3) is 0 Å². The summed E-state index contributed by atoms with van der Waals surface area (Å²) >= 11 is 0. The van der Waals surface area contributed by atoms with Crippen molar-refractivity contribution in [2.24, 2.45) is 11.8 Å². The van der Waals surface area contributed by atoms with Crippen LogP contribution < -0.4 is 0 Å². The van der Waals surface area contributed by atoms with Gasteiger partial charge in [-0.25, -0.2) is 0 Å². The predicted molar refractivity (Wildman–Crippen MR) is 125 cm³/mol. The van der Waals surface area contributed by atoms with Gasteiger partial charge in [-0.15, -0.1) is 0 Å². The van der Waals surface area contributed by atoms with Crippen molar-refractivity contribution in [3.63, 3.8) is 0 Å². The maximum absolute atomic E-state index is 13.6. The Kier molecular flexibility index (Phi) is 8.97. The van der Waals surface area contributed by atoms with Crippen LogP contribution in [0.2, 0.25) is 0 Å². The Labute approximate surface area is 186 Å². The van der Waals surface area contributed by atoms with Gasteiger partial charge in [0.05, 0.1) is 5.92 Å². The van der Waals surface area contributed by atoms with Crippen LogP contribution in [-0.4, -0.2) is 45.8 Å². The van der Waals surface area contributed by atoms with E-state index in [0.29, 0.717) is 12.3 Å². The summed E-state index contributed by atoms with van der Waals surface area (Å²) in [4.78, 5) is 30.8. The number of hydrogen-bond donors (Lipinski definition) is 0. The maximum atomic E-state index is 13.6. The molecule has 174 valence electrons. The topological polar surface area (TPSA) is 40.6 Å². The number of amides is 2. The highest BCUT2D eigenvalue weighted by Crippen LogP contribution is 2.42. The third-order valence-corrected chi connectivity index (χ3v) is 8.05. The van der Waals surface area contributed by atoms with Crippen molar-refractivity contribution in [3.8, 4) is 0 Å². The van der Waals surface area contributed by atoms with Gasteiger partial charge in [-0.2, -0.15) is 0 Å². The summed E-state index contributed by atoms with van der Waals surface area (Å²) in [6, 6.07) is 0.0348. The molecule has 2 amide bonds. The first-order valence-corrected chi connectivity index (χ1v) is 12.6. The summed E-state index contributed by atoms with van der Waals surface area (Å²) in [5.41, 5.74) is -0.0437. The molecule has 0 aliphatic carbocycles. The van der Waals surface area contributed by atoms with E-state index in [-0.39, 0.29) is 34.9 Å². The molecule has 0 aromatic rings. The van der Waals surface area contributed by atoms with Gasteiger partial charge < -0.3 is 0 Å². The lowest BCUT2D eigenvalue weighted by molar-refractivity contribution is -0.147. The standard InChI is InChI=1S/C26H48N2O2/c1-8-10-12-13-14-16-20(15-11-9-2)22-17-23(29)28(24(22)30)21-18-25(3,4)27(7)26(5,6)19-21/h20-22H,8-19H2,1-7H3. The van der Waals surface area contributed by atoms with E-state index in [1.54, 1.807) is 4.90 Å². The van der Waals surface area contributed by atoms with Crippen molar-refractivity contribution >= 4 is 11.8 Å². The van der Waals surface area contributed by atoms with Crippen molar-refractivity contribution in [2.75, 3.05) is 7.05 Å². The first-order valence-electron chi connectivity index (χ1n) is 12.6. The van der Waals surface area contributed by atoms with E-state index < -0.39 is 0 Å². The van der Waals surface area contributed by atoms with Crippen molar-refractivity contribution in [2.45, 2.75) is 136 Å². The molecule has 2 aliphatic rings. The summed E-state index contributed by atoms with van der Waals surface area (Å²) in [5.74, 6) is 0.510. The minimum absolute atomic E-state index is 0.0219. The molecular weight excluding hydrogens is 372 g/mol. The first-order chi connectivity index (χ1) is 14.0. The molecule has 2 unspecified atom stereocenters. The molecule has 0 spiro atoms. The molecule has 2 aliphatic heterocycles. The number of carbonyl (C=O) groups is 2. The molecule has 2 heterocycles. The van der Waals surface area contributed by atoms with Crippen molar-refractivity contribution in [1.29, 1.82) is 0 Å². The molecular formula is C26H48N2O2. The van der Waals surface area contributed by atoms with Crippen LogP contribution in [0.5, 0.6) is 0 Å². The van der Waals surface area contributed by atoms with Crippen LogP contribution in [0.1, 0.15) is 119 Å². The molecule has 4 heteroatoms. The zero-order valence-corrected chi connectivity index (χ0v) is 20.9. The molecule has 30 heavy (non-hydrogen) atoms. The monoisotopic (exact) mass is 420 g/mol. The lowest BCUT2D eigenvalue weighted by atomic mass is 9.77. The fourth-order valence-electron chi connectivity index (χ4n) is 5.95. The second-order valence-corrected chi connectivity index (χ2v) is 11.3. The molecule has 2 fully saturated rings. The number of piperidine rings is 1. The van der Waals surface area contributed by atoms with Crippen LogP contribution in [0.3, 0.4) is 0 Å². The van der Waals surface area contributed by atoms with Crippen molar-refractivity contribution in [3.05, 3.63) is 0 Å². The molecule has 0 saturated carbocycles. The first kappa shape index (κ1) is 25.4. The van der Waals surface area contributed by atoms with Gasteiger partial charge >= 0.3 is 0 Å². The lowest BCUT2D eigenvalue weighted by Gasteiger charge is -2.54. The maximum Gasteiger partial charge on any atom is 0.233 e. The highest BCUT2D eigenvalue weighted by Gasteiger charge is 2.51. The normalized spacial score (nSPS) is 25.8. The quantitative estimate of drug-likeness (QED) is 0.296. The fraction of sp³-hybridized carbons (Fsp3) is 0.923. The minimum Gasteiger partial charge on any atom is -0.296 e. The Morgan fingerprint density at radius 2 is 1.40 bits per heavy atom. The Balaban J connectivity index is 2.10. The van der Waals surface area contributed by atoms with E-state index in [0.717, 1.165) is 38.5 Å². The number of nitrogens with zero attached hydrogens (tertiary/aromatic N) is 2. The predicted octanol–water partition coefficient (Wildman–Crippen LogP) is 6.18. The van der Waals surface area contributed by atoms with Crippen LogP contribution in [0.15, 0.2) is 0 Å². The van der Waals surface area contributed by atoms with Crippen LogP contribution in [0.4, 0.5) is 0 Å². The van der Waals surface area contributed by atoms with E-state index in [1.807, 2.05) is 0 Å². The van der Waals surface area contributed by atoms with E-state index in [9.17, 15) is 9.59 Å². The molecule has 0 N–H and O–H groups in total. The second kappa shape index (κ2) is 10.6. The lowest BCUT2D eigenvalue weighted by Crippen LogP contribution is -2.63. The molecule has 2 rings (SSSR count). The van der Waals surface area contributed by atoms with E-state index >= 15 is 0 Å². The van der Waals surface area contributed by atoms with Gasteiger partial charge in [0.15, 0.2) is 0 Å². The van der Waals surface area contributed by atoms with Gasteiger partial charge in [0.1, 0.15) is 0 Å². The number of rotatable bonds is 11. The summed E-state index contributed by atoms with van der Waals surface area (Å²) in [6.07, 6.45) is 13.0. The Morgan fingerprint density at radius 3 is 1.97 bits per heavy atom. The molecule has 0 aromatic carbocycles. The summed E-state index contributed by atoms with van der Waals surface area (Å²) in [7, 11) is 2.17. The Bertz CT molecular complexity index is 566. The van der Waals surface area contributed by atoms with Gasteiger partial charge in [-0.1, -0.05) is 58.8 Å². The van der Waals surface area contributed by atoms with Crippen LogP contribution >= 0.6 is 0 Å². The van der Waals surface area contributed by atoms with Gasteiger partial charge in [-0.05, 0) is 66.3 Å². The molecule has 0 bridgehead atoms. The smallest absolute Gasteiger partial charge is 0.233 e. The molecule has 0 radical (unpaired) electrons. The number of carbonyl (C=O) groups excluding carboxylic acids is 2. The zero-order valence-electron chi connectivity index (χ0n) is 20.9. The number of unbranched alkanes of at least 4 members (excludes halogenated alkanes) is 5. The number of imide groups is 1. The average Bonchev–Trinajstić information content (AvgIpc) is 2.95. The number of hydrogen-bond acceptors (Lipinski definition) is 3. The van der Waals surface area contributed by atoms with Gasteiger partial charge in [0.2, 0.25) is 11.8 Å². The second-order valence-electron chi connectivity index (χ2n) is 11.3. The average molecular weight is 421 g/mol. The van der Waals surface area contributed by atoms with E-state index in [4.69, 9.17) is 0 Å². The minimum atomic E-state index is -0.0823. The third-order valence-electron chi connectivity index (χ3n) is 8.05. The summed E-state index contributed by atoms with van der Waals surface area (Å²) < 4.78 is 0. The van der Waals surface area contributed by atoms with Crippen molar-refractivity contribution in [1.82, 2.24) is 9.80 Å². The Hall–Kier alpha value is -0.900.